The number of aryl methyl sites for hydroxylation is 1. The first-order chi connectivity index (χ1) is 17.4. The SMILES string of the molecule is CCN(C1CCc2cc(OC)c(OC)cc2C1)[C@@H](Cc1c[nH]c2ccccc12)C(=O)N[C@@H](C)C(N)=O. The van der Waals surface area contributed by atoms with Crippen molar-refractivity contribution >= 4 is 22.7 Å². The molecule has 3 atom stereocenters. The summed E-state index contributed by atoms with van der Waals surface area (Å²) in [5.74, 6) is 0.707. The summed E-state index contributed by atoms with van der Waals surface area (Å²) >= 11 is 0. The van der Waals surface area contributed by atoms with Crippen LogP contribution in [0.15, 0.2) is 42.6 Å². The molecule has 0 bridgehead atoms. The van der Waals surface area contributed by atoms with Crippen molar-refractivity contribution in [2.24, 2.45) is 5.73 Å². The number of para-hydroxylation sites is 1. The summed E-state index contributed by atoms with van der Waals surface area (Å²) in [5.41, 5.74) is 10.0. The topological polar surface area (TPSA) is 110 Å². The number of rotatable bonds is 10. The van der Waals surface area contributed by atoms with Crippen molar-refractivity contribution in [3.63, 3.8) is 0 Å². The molecule has 8 nitrogen and oxygen atoms in total. The lowest BCUT2D eigenvalue weighted by Gasteiger charge is -2.39. The number of nitrogens with one attached hydrogen (secondary N) is 2. The van der Waals surface area contributed by atoms with Gasteiger partial charge in [-0.2, -0.15) is 0 Å². The summed E-state index contributed by atoms with van der Waals surface area (Å²) in [5, 5.41) is 3.94. The molecule has 0 fully saturated rings. The Balaban J connectivity index is 1.65. The molecule has 1 aliphatic carbocycles. The van der Waals surface area contributed by atoms with Gasteiger partial charge in [0.25, 0.3) is 0 Å². The molecule has 4 rings (SSSR count). The Labute approximate surface area is 212 Å². The van der Waals surface area contributed by atoms with E-state index in [4.69, 9.17) is 15.2 Å². The van der Waals surface area contributed by atoms with E-state index in [9.17, 15) is 9.59 Å². The lowest BCUT2D eigenvalue weighted by atomic mass is 9.86. The summed E-state index contributed by atoms with van der Waals surface area (Å²) < 4.78 is 11.0. The van der Waals surface area contributed by atoms with Crippen LogP contribution in [-0.2, 0) is 28.9 Å². The summed E-state index contributed by atoms with van der Waals surface area (Å²) in [6.07, 6.45) is 5.09. The lowest BCUT2D eigenvalue weighted by Crippen LogP contribution is -2.56. The van der Waals surface area contributed by atoms with Crippen LogP contribution in [0.25, 0.3) is 10.9 Å². The van der Waals surface area contributed by atoms with Crippen LogP contribution in [0.2, 0.25) is 0 Å². The van der Waals surface area contributed by atoms with Crippen molar-refractivity contribution in [2.75, 3.05) is 20.8 Å². The largest absolute Gasteiger partial charge is 0.493 e. The van der Waals surface area contributed by atoms with Gasteiger partial charge in [-0.25, -0.2) is 0 Å². The normalized spacial score (nSPS) is 16.9. The molecule has 3 aromatic rings. The molecular formula is C28H36N4O4. The molecule has 192 valence electrons. The Morgan fingerprint density at radius 1 is 1.17 bits per heavy atom. The number of fused-ring (bicyclic) bond motifs is 2. The second-order valence-corrected chi connectivity index (χ2v) is 9.42. The average Bonchev–Trinajstić information content (AvgIpc) is 3.30. The summed E-state index contributed by atoms with van der Waals surface area (Å²) in [4.78, 5) is 30.9. The maximum absolute atomic E-state index is 13.6. The first-order valence-electron chi connectivity index (χ1n) is 12.5. The van der Waals surface area contributed by atoms with Gasteiger partial charge < -0.3 is 25.5 Å². The third-order valence-electron chi connectivity index (χ3n) is 7.32. The molecule has 1 heterocycles. The van der Waals surface area contributed by atoms with Crippen molar-refractivity contribution in [2.45, 2.75) is 57.7 Å². The molecule has 1 aromatic heterocycles. The van der Waals surface area contributed by atoms with Crippen LogP contribution in [0.3, 0.4) is 0 Å². The van der Waals surface area contributed by atoms with Gasteiger partial charge in [-0.15, -0.1) is 0 Å². The molecule has 4 N–H and O–H groups in total. The zero-order valence-corrected chi connectivity index (χ0v) is 21.5. The molecule has 0 spiro atoms. The molecule has 2 amide bonds. The zero-order chi connectivity index (χ0) is 25.8. The highest BCUT2D eigenvalue weighted by Gasteiger charge is 2.34. The first-order valence-corrected chi connectivity index (χ1v) is 12.5. The van der Waals surface area contributed by atoms with Crippen LogP contribution < -0.4 is 20.5 Å². The third kappa shape index (κ3) is 5.18. The van der Waals surface area contributed by atoms with Crippen molar-refractivity contribution in [1.82, 2.24) is 15.2 Å². The number of primary amides is 1. The van der Waals surface area contributed by atoms with Gasteiger partial charge in [0.2, 0.25) is 11.8 Å². The smallest absolute Gasteiger partial charge is 0.239 e. The van der Waals surface area contributed by atoms with Crippen LogP contribution >= 0.6 is 0 Å². The quantitative estimate of drug-likeness (QED) is 0.403. The summed E-state index contributed by atoms with van der Waals surface area (Å²) in [7, 11) is 3.29. The van der Waals surface area contributed by atoms with Gasteiger partial charge in [-0.05, 0) is 74.0 Å². The molecule has 0 saturated carbocycles. The number of aromatic amines is 1. The Morgan fingerprint density at radius 2 is 1.86 bits per heavy atom. The summed E-state index contributed by atoms with van der Waals surface area (Å²) in [6, 6.07) is 11.2. The number of carbonyl (C=O) groups excluding carboxylic acids is 2. The van der Waals surface area contributed by atoms with Crippen LogP contribution in [0.5, 0.6) is 11.5 Å². The van der Waals surface area contributed by atoms with E-state index < -0.39 is 18.0 Å². The van der Waals surface area contributed by atoms with Crippen LogP contribution in [-0.4, -0.2) is 60.6 Å². The second kappa shape index (κ2) is 11.0. The first kappa shape index (κ1) is 25.6. The lowest BCUT2D eigenvalue weighted by molar-refractivity contribution is -0.131. The number of likely N-dealkylation sites (N-methyl/N-ethyl adjacent to an activating group) is 1. The zero-order valence-electron chi connectivity index (χ0n) is 21.5. The molecule has 8 heteroatoms. The molecule has 0 aliphatic heterocycles. The minimum atomic E-state index is -0.745. The number of carbonyl (C=O) groups is 2. The maximum Gasteiger partial charge on any atom is 0.239 e. The molecule has 1 aliphatic rings. The van der Waals surface area contributed by atoms with Gasteiger partial charge in [-0.1, -0.05) is 25.1 Å². The fourth-order valence-corrected chi connectivity index (χ4v) is 5.33. The van der Waals surface area contributed by atoms with Gasteiger partial charge in [-0.3, -0.25) is 14.5 Å². The number of hydrogen-bond donors (Lipinski definition) is 3. The number of aromatic nitrogens is 1. The standard InChI is InChI=1S/C28H36N4O4/c1-5-32(21-11-10-18-14-25(35-3)26(36-4)15-19(18)12-21)24(28(34)31-17(2)27(29)33)13-20-16-30-23-9-7-6-8-22(20)23/h6-9,14-17,21,24,30H,5,10-13H2,1-4H3,(H2,29,33)(H,31,34)/t17-,21?,24-/m0/s1. The third-order valence-corrected chi connectivity index (χ3v) is 7.32. The van der Waals surface area contributed by atoms with E-state index in [1.54, 1.807) is 21.1 Å². The molecule has 1 unspecified atom stereocenters. The number of methoxy groups -OCH3 is 2. The maximum atomic E-state index is 13.6. The van der Waals surface area contributed by atoms with E-state index >= 15 is 0 Å². The fraction of sp³-hybridized carbons (Fsp3) is 0.429. The highest BCUT2D eigenvalue weighted by Crippen LogP contribution is 2.36. The van der Waals surface area contributed by atoms with Gasteiger partial charge in [0.15, 0.2) is 11.5 Å². The van der Waals surface area contributed by atoms with Gasteiger partial charge in [0.05, 0.1) is 20.3 Å². The van der Waals surface area contributed by atoms with Crippen molar-refractivity contribution < 1.29 is 19.1 Å². The Bertz CT molecular complexity index is 1240. The van der Waals surface area contributed by atoms with Crippen LogP contribution in [0.4, 0.5) is 0 Å². The molecular weight excluding hydrogens is 456 g/mol. The predicted octanol–water partition coefficient (Wildman–Crippen LogP) is 2.97. The second-order valence-electron chi connectivity index (χ2n) is 9.42. The number of ether oxygens (including phenoxy) is 2. The van der Waals surface area contributed by atoms with Crippen molar-refractivity contribution in [3.8, 4) is 11.5 Å². The van der Waals surface area contributed by atoms with Gasteiger partial charge in [0.1, 0.15) is 6.04 Å². The van der Waals surface area contributed by atoms with Crippen LogP contribution in [0, 0.1) is 0 Å². The average molecular weight is 493 g/mol. The minimum absolute atomic E-state index is 0.158. The van der Waals surface area contributed by atoms with Crippen LogP contribution in [0.1, 0.15) is 37.0 Å². The highest BCUT2D eigenvalue weighted by atomic mass is 16.5. The van der Waals surface area contributed by atoms with E-state index in [1.807, 2.05) is 24.4 Å². The number of hydrogen-bond acceptors (Lipinski definition) is 5. The summed E-state index contributed by atoms with van der Waals surface area (Å²) in [6.45, 7) is 4.39. The van der Waals surface area contributed by atoms with E-state index in [-0.39, 0.29) is 11.9 Å². The van der Waals surface area contributed by atoms with E-state index in [0.717, 1.165) is 41.5 Å². The minimum Gasteiger partial charge on any atom is -0.493 e. The van der Waals surface area contributed by atoms with Gasteiger partial charge in [0, 0.05) is 23.1 Å². The number of H-pyrrole nitrogens is 1. The van der Waals surface area contributed by atoms with Crippen molar-refractivity contribution in [3.05, 3.63) is 59.3 Å². The Morgan fingerprint density at radius 3 is 2.53 bits per heavy atom. The number of amides is 2. The Kier molecular flexibility index (Phi) is 7.84. The molecule has 36 heavy (non-hydrogen) atoms. The fourth-order valence-electron chi connectivity index (χ4n) is 5.33. The molecule has 2 aromatic carbocycles. The predicted molar refractivity (Wildman–Crippen MR) is 140 cm³/mol. The van der Waals surface area contributed by atoms with E-state index in [1.165, 1.54) is 11.1 Å². The van der Waals surface area contributed by atoms with Gasteiger partial charge >= 0.3 is 0 Å². The number of nitrogens with zero attached hydrogens (tertiary/aromatic N) is 1. The Hall–Kier alpha value is -3.52. The number of nitrogens with two attached hydrogens (primary N) is 1. The monoisotopic (exact) mass is 492 g/mol. The van der Waals surface area contributed by atoms with E-state index in [0.29, 0.717) is 18.7 Å². The molecule has 0 radical (unpaired) electrons. The molecule has 0 saturated heterocycles. The highest BCUT2D eigenvalue weighted by molar-refractivity contribution is 5.90. The van der Waals surface area contributed by atoms with E-state index in [2.05, 4.69) is 40.3 Å². The number of benzene rings is 2. The van der Waals surface area contributed by atoms with Crippen molar-refractivity contribution in [1.29, 1.82) is 0 Å².